The summed E-state index contributed by atoms with van der Waals surface area (Å²) in [5, 5.41) is 4.31. The van der Waals surface area contributed by atoms with Gasteiger partial charge in [-0.3, -0.25) is 0 Å². The molecule has 2 unspecified atom stereocenters. The summed E-state index contributed by atoms with van der Waals surface area (Å²) in [7, 11) is 5.83. The number of hydrogen-bond acceptors (Lipinski definition) is 5. The number of rotatable bonds is 7. The Labute approximate surface area is 113 Å². The number of nitrogens with zero attached hydrogens (tertiary/aromatic N) is 2. The number of methoxy groups -OCH3 is 1. The Kier molecular flexibility index (Phi) is 4.59. The zero-order chi connectivity index (χ0) is 13.1. The van der Waals surface area contributed by atoms with E-state index in [4.69, 9.17) is 9.72 Å². The van der Waals surface area contributed by atoms with Crippen LogP contribution in [0.3, 0.4) is 0 Å². The van der Waals surface area contributed by atoms with Crippen LogP contribution in [0.15, 0.2) is 0 Å². The van der Waals surface area contributed by atoms with Crippen LogP contribution in [0.5, 0.6) is 0 Å². The summed E-state index contributed by atoms with van der Waals surface area (Å²) >= 11 is 1.78. The van der Waals surface area contributed by atoms with Crippen molar-refractivity contribution in [2.45, 2.75) is 26.5 Å². The quantitative estimate of drug-likeness (QED) is 0.822. The first-order valence-corrected chi connectivity index (χ1v) is 7.30. The van der Waals surface area contributed by atoms with Crippen LogP contribution >= 0.6 is 11.3 Å². The van der Waals surface area contributed by atoms with Crippen LogP contribution in [0.1, 0.15) is 23.9 Å². The number of ether oxygens (including phenoxy) is 1. The van der Waals surface area contributed by atoms with E-state index in [1.54, 1.807) is 18.4 Å². The van der Waals surface area contributed by atoms with Gasteiger partial charge in [-0.1, -0.05) is 6.92 Å². The van der Waals surface area contributed by atoms with E-state index in [9.17, 15) is 0 Å². The normalized spacial score (nSPS) is 22.2. The fraction of sp³-hybridized carbons (Fsp3) is 0.769. The maximum Gasteiger partial charge on any atom is 0.185 e. The number of anilines is 1. The molecule has 0 amide bonds. The van der Waals surface area contributed by atoms with Gasteiger partial charge in [0.1, 0.15) is 0 Å². The molecule has 0 spiro atoms. The van der Waals surface area contributed by atoms with Gasteiger partial charge < -0.3 is 15.0 Å². The van der Waals surface area contributed by atoms with Crippen molar-refractivity contribution in [3.63, 3.8) is 0 Å². The molecule has 1 N–H and O–H groups in total. The average molecular weight is 269 g/mol. The van der Waals surface area contributed by atoms with Gasteiger partial charge >= 0.3 is 0 Å². The molecule has 102 valence electrons. The number of hydrogen-bond donors (Lipinski definition) is 1. The van der Waals surface area contributed by atoms with Crippen molar-refractivity contribution in [2.75, 3.05) is 32.6 Å². The summed E-state index contributed by atoms with van der Waals surface area (Å²) in [5.74, 6) is 1.75. The van der Waals surface area contributed by atoms with Crippen molar-refractivity contribution in [1.29, 1.82) is 0 Å². The van der Waals surface area contributed by atoms with Gasteiger partial charge in [0.25, 0.3) is 0 Å². The summed E-state index contributed by atoms with van der Waals surface area (Å²) in [4.78, 5) is 8.28. The zero-order valence-electron chi connectivity index (χ0n) is 11.7. The highest BCUT2D eigenvalue weighted by atomic mass is 32.1. The lowest BCUT2D eigenvalue weighted by Crippen LogP contribution is -2.20. The standard InChI is InChI=1S/C13H23N3OS/c1-9-5-10(9)7-16(3)13-15-11(8-17-4)12(18-13)6-14-2/h9-10,14H,5-8H2,1-4H3. The maximum atomic E-state index is 5.22. The van der Waals surface area contributed by atoms with Gasteiger partial charge in [-0.25, -0.2) is 4.98 Å². The maximum absolute atomic E-state index is 5.22. The van der Waals surface area contributed by atoms with Crippen LogP contribution < -0.4 is 10.2 Å². The van der Waals surface area contributed by atoms with Crippen LogP contribution in [0.25, 0.3) is 0 Å². The van der Waals surface area contributed by atoms with Crippen LogP contribution in [0, 0.1) is 11.8 Å². The molecule has 1 fully saturated rings. The molecule has 1 aromatic heterocycles. The SMILES string of the molecule is CNCc1sc(N(C)CC2CC2C)nc1COC. The Hall–Kier alpha value is -0.650. The Morgan fingerprint density at radius 3 is 2.83 bits per heavy atom. The predicted molar refractivity (Wildman–Crippen MR) is 76.1 cm³/mol. The fourth-order valence-corrected chi connectivity index (χ4v) is 3.21. The summed E-state index contributed by atoms with van der Waals surface area (Å²) in [6, 6.07) is 0. The van der Waals surface area contributed by atoms with E-state index in [2.05, 4.69) is 24.2 Å². The van der Waals surface area contributed by atoms with E-state index in [1.165, 1.54) is 11.3 Å². The first-order chi connectivity index (χ1) is 8.65. The van der Waals surface area contributed by atoms with E-state index in [0.717, 1.165) is 35.8 Å². The van der Waals surface area contributed by atoms with Crippen LogP contribution in [-0.4, -0.2) is 32.7 Å². The minimum Gasteiger partial charge on any atom is -0.378 e. The molecule has 1 aliphatic rings. The lowest BCUT2D eigenvalue weighted by atomic mass is 10.3. The molecule has 18 heavy (non-hydrogen) atoms. The van der Waals surface area contributed by atoms with Gasteiger partial charge in [0.15, 0.2) is 5.13 Å². The Morgan fingerprint density at radius 1 is 1.56 bits per heavy atom. The summed E-state index contributed by atoms with van der Waals surface area (Å²) < 4.78 is 5.22. The third-order valence-corrected chi connectivity index (χ3v) is 4.71. The van der Waals surface area contributed by atoms with Crippen molar-refractivity contribution in [3.05, 3.63) is 10.6 Å². The van der Waals surface area contributed by atoms with Gasteiger partial charge in [0, 0.05) is 32.1 Å². The zero-order valence-corrected chi connectivity index (χ0v) is 12.5. The molecule has 5 heteroatoms. The largest absolute Gasteiger partial charge is 0.378 e. The minimum atomic E-state index is 0.598. The molecule has 0 radical (unpaired) electrons. The molecule has 0 bridgehead atoms. The third kappa shape index (κ3) is 3.22. The first-order valence-electron chi connectivity index (χ1n) is 6.49. The van der Waals surface area contributed by atoms with E-state index in [0.29, 0.717) is 6.61 Å². The van der Waals surface area contributed by atoms with Gasteiger partial charge in [-0.05, 0) is 25.3 Å². The molecule has 2 rings (SSSR count). The van der Waals surface area contributed by atoms with E-state index in [1.807, 2.05) is 7.05 Å². The highest BCUT2D eigenvalue weighted by molar-refractivity contribution is 7.15. The monoisotopic (exact) mass is 269 g/mol. The molecule has 0 aliphatic heterocycles. The van der Waals surface area contributed by atoms with Crippen molar-refractivity contribution in [1.82, 2.24) is 10.3 Å². The van der Waals surface area contributed by atoms with Crippen molar-refractivity contribution >= 4 is 16.5 Å². The van der Waals surface area contributed by atoms with Crippen molar-refractivity contribution in [2.24, 2.45) is 11.8 Å². The lowest BCUT2D eigenvalue weighted by Gasteiger charge is -2.15. The average Bonchev–Trinajstić information content (AvgIpc) is 2.87. The van der Waals surface area contributed by atoms with E-state index < -0.39 is 0 Å². The van der Waals surface area contributed by atoms with Crippen LogP contribution in [0.2, 0.25) is 0 Å². The molecule has 1 heterocycles. The molecular weight excluding hydrogens is 246 g/mol. The predicted octanol–water partition coefficient (Wildman–Crippen LogP) is 2.10. The van der Waals surface area contributed by atoms with E-state index in [-0.39, 0.29) is 0 Å². The minimum absolute atomic E-state index is 0.598. The molecule has 1 aromatic rings. The molecule has 1 aliphatic carbocycles. The van der Waals surface area contributed by atoms with Crippen LogP contribution in [0.4, 0.5) is 5.13 Å². The molecule has 2 atom stereocenters. The molecule has 1 saturated carbocycles. The Bertz CT molecular complexity index is 370. The first kappa shape index (κ1) is 13.8. The van der Waals surface area contributed by atoms with Gasteiger partial charge in [-0.15, -0.1) is 11.3 Å². The number of thiazole rings is 1. The highest BCUT2D eigenvalue weighted by Crippen LogP contribution is 2.39. The van der Waals surface area contributed by atoms with Gasteiger partial charge in [-0.2, -0.15) is 0 Å². The highest BCUT2D eigenvalue weighted by Gasteiger charge is 2.33. The number of aromatic nitrogens is 1. The smallest absolute Gasteiger partial charge is 0.185 e. The van der Waals surface area contributed by atoms with Crippen molar-refractivity contribution in [3.8, 4) is 0 Å². The molecular formula is C13H23N3OS. The second kappa shape index (κ2) is 5.99. The second-order valence-corrected chi connectivity index (χ2v) is 6.25. The van der Waals surface area contributed by atoms with Gasteiger partial charge in [0.2, 0.25) is 0 Å². The molecule has 0 aromatic carbocycles. The third-order valence-electron chi connectivity index (χ3n) is 3.50. The number of nitrogens with one attached hydrogen (secondary N) is 1. The van der Waals surface area contributed by atoms with Crippen LogP contribution in [-0.2, 0) is 17.9 Å². The van der Waals surface area contributed by atoms with E-state index >= 15 is 0 Å². The summed E-state index contributed by atoms with van der Waals surface area (Å²) in [6.45, 7) is 4.91. The fourth-order valence-electron chi connectivity index (χ4n) is 2.16. The lowest BCUT2D eigenvalue weighted by molar-refractivity contribution is 0.181. The Morgan fingerprint density at radius 2 is 2.28 bits per heavy atom. The molecule has 4 nitrogen and oxygen atoms in total. The Balaban J connectivity index is 2.04. The van der Waals surface area contributed by atoms with Gasteiger partial charge in [0.05, 0.1) is 12.3 Å². The van der Waals surface area contributed by atoms with Crippen molar-refractivity contribution < 1.29 is 4.74 Å². The molecule has 0 saturated heterocycles. The summed E-state index contributed by atoms with van der Waals surface area (Å²) in [6.07, 6.45) is 1.37. The second-order valence-electron chi connectivity index (χ2n) is 5.18. The summed E-state index contributed by atoms with van der Waals surface area (Å²) in [5.41, 5.74) is 1.07. The topological polar surface area (TPSA) is 37.4 Å².